The van der Waals surface area contributed by atoms with E-state index in [1.807, 2.05) is 38.2 Å². The fourth-order valence-corrected chi connectivity index (χ4v) is 1.50. The number of rotatable bonds is 6. The van der Waals surface area contributed by atoms with Gasteiger partial charge < -0.3 is 10.1 Å². The lowest BCUT2D eigenvalue weighted by molar-refractivity contribution is 0.293. The molecule has 96 valence electrons. The normalized spacial score (nSPS) is 10.6. The lowest BCUT2D eigenvalue weighted by atomic mass is 10.2. The molecule has 2 rings (SSSR count). The minimum atomic E-state index is 0.338. The monoisotopic (exact) mass is 247 g/mol. The molecule has 0 amide bonds. The third-order valence-electron chi connectivity index (χ3n) is 2.51. The van der Waals surface area contributed by atoms with Crippen molar-refractivity contribution in [3.63, 3.8) is 0 Å². The molecular weight excluding hydrogens is 230 g/mol. The predicted octanol–water partition coefficient (Wildman–Crippen LogP) is 0.780. The third-order valence-corrected chi connectivity index (χ3v) is 2.51. The van der Waals surface area contributed by atoms with Gasteiger partial charge in [-0.1, -0.05) is 18.2 Å². The van der Waals surface area contributed by atoms with Crippen LogP contribution in [0, 0.1) is 6.92 Å². The van der Waals surface area contributed by atoms with E-state index < -0.39 is 0 Å². The van der Waals surface area contributed by atoms with Gasteiger partial charge in [0.2, 0.25) is 5.82 Å². The van der Waals surface area contributed by atoms with E-state index in [0.29, 0.717) is 19.0 Å². The topological polar surface area (TPSA) is 64.9 Å². The van der Waals surface area contributed by atoms with Crippen molar-refractivity contribution < 1.29 is 4.74 Å². The van der Waals surface area contributed by atoms with Gasteiger partial charge >= 0.3 is 0 Å². The number of nitrogens with one attached hydrogen (secondary N) is 1. The molecule has 2 aromatic rings. The largest absolute Gasteiger partial charge is 0.485 e. The summed E-state index contributed by atoms with van der Waals surface area (Å²) in [5, 5.41) is 15.1. The van der Waals surface area contributed by atoms with Crippen molar-refractivity contribution in [1.29, 1.82) is 0 Å². The van der Waals surface area contributed by atoms with E-state index in [1.54, 1.807) is 4.80 Å². The molecule has 0 aliphatic heterocycles. The molecule has 6 heteroatoms. The first-order chi connectivity index (χ1) is 8.79. The van der Waals surface area contributed by atoms with Crippen molar-refractivity contribution in [3.8, 4) is 5.75 Å². The second-order valence-electron chi connectivity index (χ2n) is 3.96. The summed E-state index contributed by atoms with van der Waals surface area (Å²) in [6.45, 7) is 3.86. The van der Waals surface area contributed by atoms with Gasteiger partial charge in [-0.05, 0) is 30.8 Å². The van der Waals surface area contributed by atoms with Crippen molar-refractivity contribution in [2.75, 3.05) is 13.6 Å². The highest BCUT2D eigenvalue weighted by Crippen LogP contribution is 2.16. The second-order valence-corrected chi connectivity index (χ2v) is 3.96. The number of aryl methyl sites for hydroxylation is 1. The Labute approximate surface area is 106 Å². The molecule has 0 fully saturated rings. The number of benzene rings is 1. The zero-order valence-electron chi connectivity index (χ0n) is 10.6. The number of ether oxygens (including phenoxy) is 1. The first-order valence-corrected chi connectivity index (χ1v) is 5.89. The summed E-state index contributed by atoms with van der Waals surface area (Å²) in [6.07, 6.45) is 0. The number of para-hydroxylation sites is 1. The molecule has 1 aromatic heterocycles. The van der Waals surface area contributed by atoms with Crippen molar-refractivity contribution in [1.82, 2.24) is 25.5 Å². The molecule has 0 atom stereocenters. The number of nitrogens with zero attached hydrogens (tertiary/aromatic N) is 4. The molecule has 0 radical (unpaired) electrons. The van der Waals surface area contributed by atoms with Gasteiger partial charge in [0, 0.05) is 6.54 Å². The molecule has 0 unspecified atom stereocenters. The molecule has 0 bridgehead atoms. The molecule has 1 aromatic carbocycles. The van der Waals surface area contributed by atoms with Crippen LogP contribution in [0.4, 0.5) is 0 Å². The Hall–Kier alpha value is -1.95. The van der Waals surface area contributed by atoms with E-state index in [9.17, 15) is 0 Å². The van der Waals surface area contributed by atoms with Gasteiger partial charge in [0.25, 0.3) is 0 Å². The zero-order chi connectivity index (χ0) is 12.8. The van der Waals surface area contributed by atoms with Crippen LogP contribution in [0.25, 0.3) is 0 Å². The van der Waals surface area contributed by atoms with Gasteiger partial charge in [-0.3, -0.25) is 0 Å². The summed E-state index contributed by atoms with van der Waals surface area (Å²) in [5.41, 5.74) is 1.10. The first-order valence-electron chi connectivity index (χ1n) is 5.89. The SMILES string of the molecule is CNCCn1nnc(COc2ccccc2C)n1. The summed E-state index contributed by atoms with van der Waals surface area (Å²) in [4.78, 5) is 1.56. The fourth-order valence-electron chi connectivity index (χ4n) is 1.50. The predicted molar refractivity (Wildman–Crippen MR) is 67.3 cm³/mol. The average molecular weight is 247 g/mol. The van der Waals surface area contributed by atoms with Crippen LogP contribution in [0.15, 0.2) is 24.3 Å². The van der Waals surface area contributed by atoms with E-state index in [1.165, 1.54) is 0 Å². The Bertz CT molecular complexity index is 497. The summed E-state index contributed by atoms with van der Waals surface area (Å²) < 4.78 is 5.65. The van der Waals surface area contributed by atoms with Crippen LogP contribution in [0.3, 0.4) is 0 Å². The number of tetrazole rings is 1. The minimum Gasteiger partial charge on any atom is -0.485 e. The van der Waals surface area contributed by atoms with Gasteiger partial charge in [-0.15, -0.1) is 10.2 Å². The standard InChI is InChI=1S/C12H17N5O/c1-10-5-3-4-6-11(10)18-9-12-14-16-17(15-12)8-7-13-2/h3-6,13H,7-9H2,1-2H3. The second kappa shape index (κ2) is 6.11. The van der Waals surface area contributed by atoms with Crippen LogP contribution in [-0.2, 0) is 13.2 Å². The number of aromatic nitrogens is 4. The van der Waals surface area contributed by atoms with E-state index >= 15 is 0 Å². The average Bonchev–Trinajstić information content (AvgIpc) is 2.83. The maximum Gasteiger partial charge on any atom is 0.212 e. The Kier molecular flexibility index (Phi) is 4.25. The first kappa shape index (κ1) is 12.5. The van der Waals surface area contributed by atoms with Gasteiger partial charge in [-0.2, -0.15) is 4.80 Å². The molecule has 6 nitrogen and oxygen atoms in total. The molecule has 0 aliphatic rings. The molecular formula is C12H17N5O. The Morgan fingerprint density at radius 1 is 1.33 bits per heavy atom. The Balaban J connectivity index is 1.90. The zero-order valence-corrected chi connectivity index (χ0v) is 10.6. The van der Waals surface area contributed by atoms with Gasteiger partial charge in [0.15, 0.2) is 6.61 Å². The van der Waals surface area contributed by atoms with Gasteiger partial charge in [0.05, 0.1) is 6.54 Å². The van der Waals surface area contributed by atoms with Crippen LogP contribution >= 0.6 is 0 Å². The van der Waals surface area contributed by atoms with Crippen molar-refractivity contribution in [2.24, 2.45) is 0 Å². The Morgan fingerprint density at radius 3 is 2.94 bits per heavy atom. The van der Waals surface area contributed by atoms with E-state index in [0.717, 1.165) is 17.9 Å². The van der Waals surface area contributed by atoms with Crippen LogP contribution in [0.2, 0.25) is 0 Å². The molecule has 0 aliphatic carbocycles. The summed E-state index contributed by atoms with van der Waals surface area (Å²) in [7, 11) is 1.89. The number of hydrogen-bond donors (Lipinski definition) is 1. The number of likely N-dealkylation sites (N-methyl/N-ethyl adjacent to an activating group) is 1. The van der Waals surface area contributed by atoms with Crippen LogP contribution in [-0.4, -0.2) is 33.8 Å². The highest BCUT2D eigenvalue weighted by atomic mass is 16.5. The van der Waals surface area contributed by atoms with Gasteiger partial charge in [-0.25, -0.2) is 0 Å². The molecule has 18 heavy (non-hydrogen) atoms. The molecule has 0 saturated heterocycles. The molecule has 0 spiro atoms. The van der Waals surface area contributed by atoms with Gasteiger partial charge in [0.1, 0.15) is 5.75 Å². The molecule has 1 N–H and O–H groups in total. The lowest BCUT2D eigenvalue weighted by Gasteiger charge is -2.05. The number of hydrogen-bond acceptors (Lipinski definition) is 5. The lowest BCUT2D eigenvalue weighted by Crippen LogP contribution is -2.16. The van der Waals surface area contributed by atoms with E-state index in [-0.39, 0.29) is 0 Å². The highest BCUT2D eigenvalue weighted by molar-refractivity contribution is 5.31. The van der Waals surface area contributed by atoms with Crippen LogP contribution in [0.5, 0.6) is 5.75 Å². The fraction of sp³-hybridized carbons (Fsp3) is 0.417. The Morgan fingerprint density at radius 2 is 2.17 bits per heavy atom. The minimum absolute atomic E-state index is 0.338. The third kappa shape index (κ3) is 3.27. The van der Waals surface area contributed by atoms with Crippen molar-refractivity contribution in [2.45, 2.75) is 20.1 Å². The maximum atomic E-state index is 5.65. The highest BCUT2D eigenvalue weighted by Gasteiger charge is 2.04. The smallest absolute Gasteiger partial charge is 0.212 e. The quantitative estimate of drug-likeness (QED) is 0.817. The van der Waals surface area contributed by atoms with Crippen molar-refractivity contribution >= 4 is 0 Å². The van der Waals surface area contributed by atoms with Crippen LogP contribution in [0.1, 0.15) is 11.4 Å². The van der Waals surface area contributed by atoms with Crippen molar-refractivity contribution in [3.05, 3.63) is 35.7 Å². The summed E-state index contributed by atoms with van der Waals surface area (Å²) in [6, 6.07) is 7.86. The van der Waals surface area contributed by atoms with Crippen LogP contribution < -0.4 is 10.1 Å². The molecule has 1 heterocycles. The summed E-state index contributed by atoms with van der Waals surface area (Å²) >= 11 is 0. The van der Waals surface area contributed by atoms with E-state index in [2.05, 4.69) is 20.7 Å². The van der Waals surface area contributed by atoms with E-state index in [4.69, 9.17) is 4.74 Å². The summed E-state index contributed by atoms with van der Waals surface area (Å²) in [5.74, 6) is 1.44. The maximum absolute atomic E-state index is 5.65. The molecule has 0 saturated carbocycles.